The monoisotopic (exact) mass is 283 g/mol. The summed E-state index contributed by atoms with van der Waals surface area (Å²) in [4.78, 5) is 16.6. The Morgan fingerprint density at radius 2 is 2.05 bits per heavy atom. The molecular weight excluding hydrogens is 269 g/mol. The largest absolute Gasteiger partial charge is 0.310 e. The molecule has 5 heteroatoms. The van der Waals surface area contributed by atoms with Crippen molar-refractivity contribution in [2.24, 2.45) is 0 Å². The topological polar surface area (TPSA) is 46.9 Å². The minimum Gasteiger partial charge on any atom is -0.310 e. The molecule has 21 heavy (non-hydrogen) atoms. The van der Waals surface area contributed by atoms with Crippen LogP contribution in [0.25, 0.3) is 11.0 Å². The molecule has 0 unspecified atom stereocenters. The predicted octanol–water partition coefficient (Wildman–Crippen LogP) is 3.45. The zero-order valence-electron chi connectivity index (χ0n) is 11.5. The summed E-state index contributed by atoms with van der Waals surface area (Å²) < 4.78 is 15.1. The van der Waals surface area contributed by atoms with Gasteiger partial charge < -0.3 is 4.57 Å². The molecular formula is C16H14FN3O. The van der Waals surface area contributed by atoms with Crippen LogP contribution in [0.5, 0.6) is 0 Å². The first-order valence-corrected chi connectivity index (χ1v) is 6.71. The van der Waals surface area contributed by atoms with Crippen LogP contribution in [0, 0.1) is 5.82 Å². The summed E-state index contributed by atoms with van der Waals surface area (Å²) in [5.41, 5.74) is 2.04. The highest BCUT2D eigenvalue weighted by atomic mass is 19.1. The second-order valence-electron chi connectivity index (χ2n) is 4.63. The molecule has 0 spiro atoms. The summed E-state index contributed by atoms with van der Waals surface area (Å²) in [7, 11) is 0. The van der Waals surface area contributed by atoms with Gasteiger partial charge in [-0.3, -0.25) is 10.1 Å². The number of halogens is 1. The van der Waals surface area contributed by atoms with Gasteiger partial charge in [-0.25, -0.2) is 9.37 Å². The third kappa shape index (κ3) is 2.50. The van der Waals surface area contributed by atoms with E-state index < -0.39 is 5.82 Å². The molecule has 0 bridgehead atoms. The van der Waals surface area contributed by atoms with Gasteiger partial charge in [0.2, 0.25) is 5.95 Å². The van der Waals surface area contributed by atoms with Crippen LogP contribution in [0.2, 0.25) is 0 Å². The van der Waals surface area contributed by atoms with Gasteiger partial charge in [-0.1, -0.05) is 18.2 Å². The summed E-state index contributed by atoms with van der Waals surface area (Å²) in [5.74, 6) is -0.348. The number of aryl methyl sites for hydroxylation is 1. The quantitative estimate of drug-likeness (QED) is 0.800. The van der Waals surface area contributed by atoms with Crippen LogP contribution in [0.3, 0.4) is 0 Å². The Kier molecular flexibility index (Phi) is 3.39. The second-order valence-corrected chi connectivity index (χ2v) is 4.63. The number of fused-ring (bicyclic) bond motifs is 1. The highest BCUT2D eigenvalue weighted by Crippen LogP contribution is 2.20. The summed E-state index contributed by atoms with van der Waals surface area (Å²) in [5, 5.41) is 2.74. The number of imidazole rings is 1. The van der Waals surface area contributed by atoms with Crippen LogP contribution in [0.1, 0.15) is 17.3 Å². The van der Waals surface area contributed by atoms with E-state index in [4.69, 9.17) is 0 Å². The molecule has 0 radical (unpaired) electrons. The minimum absolute atomic E-state index is 0.268. The van der Waals surface area contributed by atoms with Crippen LogP contribution in [-0.4, -0.2) is 15.5 Å². The van der Waals surface area contributed by atoms with E-state index in [0.29, 0.717) is 12.5 Å². The molecule has 0 atom stereocenters. The number of benzene rings is 2. The molecule has 1 N–H and O–H groups in total. The lowest BCUT2D eigenvalue weighted by molar-refractivity contribution is 0.102. The first-order valence-electron chi connectivity index (χ1n) is 6.71. The fourth-order valence-electron chi connectivity index (χ4n) is 2.29. The number of anilines is 1. The minimum atomic E-state index is -0.438. The third-order valence-corrected chi connectivity index (χ3v) is 3.28. The number of carbonyl (C=O) groups is 1. The first kappa shape index (κ1) is 13.3. The molecule has 1 amide bonds. The van der Waals surface area contributed by atoms with Gasteiger partial charge in [0.15, 0.2) is 0 Å². The van der Waals surface area contributed by atoms with E-state index in [1.54, 1.807) is 6.07 Å². The van der Waals surface area contributed by atoms with Crippen LogP contribution in [0.4, 0.5) is 10.3 Å². The van der Waals surface area contributed by atoms with Crippen molar-refractivity contribution in [3.8, 4) is 0 Å². The number of carbonyl (C=O) groups excluding carboxylic acids is 1. The Morgan fingerprint density at radius 1 is 1.24 bits per heavy atom. The lowest BCUT2D eigenvalue weighted by Crippen LogP contribution is -2.15. The van der Waals surface area contributed by atoms with Gasteiger partial charge in [-0.15, -0.1) is 0 Å². The SMILES string of the molecule is CCn1c(NC(=O)c2cccc(F)c2)nc2ccccc21. The van der Waals surface area contributed by atoms with Gasteiger partial charge in [0.05, 0.1) is 11.0 Å². The third-order valence-electron chi connectivity index (χ3n) is 3.28. The molecule has 0 fully saturated rings. The van der Waals surface area contributed by atoms with Crippen LogP contribution in [0.15, 0.2) is 48.5 Å². The zero-order chi connectivity index (χ0) is 14.8. The number of nitrogens with zero attached hydrogens (tertiary/aromatic N) is 2. The van der Waals surface area contributed by atoms with Crippen molar-refractivity contribution in [1.82, 2.24) is 9.55 Å². The van der Waals surface area contributed by atoms with Crippen LogP contribution in [-0.2, 0) is 6.54 Å². The second kappa shape index (κ2) is 5.36. The molecule has 2 aromatic carbocycles. The van der Waals surface area contributed by atoms with E-state index in [-0.39, 0.29) is 11.5 Å². The van der Waals surface area contributed by atoms with Crippen molar-refractivity contribution in [3.05, 3.63) is 59.9 Å². The molecule has 106 valence electrons. The van der Waals surface area contributed by atoms with Crippen molar-refractivity contribution in [3.63, 3.8) is 0 Å². The van der Waals surface area contributed by atoms with E-state index in [2.05, 4.69) is 10.3 Å². The van der Waals surface area contributed by atoms with Crippen LogP contribution >= 0.6 is 0 Å². The van der Waals surface area contributed by atoms with Gasteiger partial charge in [-0.05, 0) is 37.3 Å². The van der Waals surface area contributed by atoms with Gasteiger partial charge >= 0.3 is 0 Å². The summed E-state index contributed by atoms with van der Waals surface area (Å²) >= 11 is 0. The molecule has 3 aromatic rings. The van der Waals surface area contributed by atoms with E-state index in [0.717, 1.165) is 11.0 Å². The first-order chi connectivity index (χ1) is 10.2. The van der Waals surface area contributed by atoms with Crippen LogP contribution < -0.4 is 5.32 Å². The number of amides is 1. The van der Waals surface area contributed by atoms with Crippen molar-refractivity contribution in [1.29, 1.82) is 0 Å². The average molecular weight is 283 g/mol. The van der Waals surface area contributed by atoms with Crippen molar-refractivity contribution in [2.45, 2.75) is 13.5 Å². The average Bonchev–Trinajstić information content (AvgIpc) is 2.84. The Balaban J connectivity index is 1.96. The Bertz CT molecular complexity index is 810. The lowest BCUT2D eigenvalue weighted by atomic mass is 10.2. The number of rotatable bonds is 3. The maximum absolute atomic E-state index is 13.2. The molecule has 1 heterocycles. The molecule has 3 rings (SSSR count). The maximum atomic E-state index is 13.2. The van der Waals surface area contributed by atoms with E-state index in [1.165, 1.54) is 18.2 Å². The molecule has 4 nitrogen and oxygen atoms in total. The van der Waals surface area contributed by atoms with Crippen molar-refractivity contribution >= 4 is 22.9 Å². The molecule has 1 aromatic heterocycles. The summed E-state index contributed by atoms with van der Waals surface area (Å²) in [6.45, 7) is 2.66. The smallest absolute Gasteiger partial charge is 0.258 e. The summed E-state index contributed by atoms with van der Waals surface area (Å²) in [6, 6.07) is 13.2. The predicted molar refractivity (Wildman–Crippen MR) is 79.8 cm³/mol. The molecule has 0 aliphatic carbocycles. The number of aromatic nitrogens is 2. The van der Waals surface area contributed by atoms with Gasteiger partial charge in [0.1, 0.15) is 5.82 Å². The summed E-state index contributed by atoms with van der Waals surface area (Å²) in [6.07, 6.45) is 0. The number of para-hydroxylation sites is 2. The van der Waals surface area contributed by atoms with Crippen molar-refractivity contribution < 1.29 is 9.18 Å². The Hall–Kier alpha value is -2.69. The Morgan fingerprint density at radius 3 is 2.81 bits per heavy atom. The lowest BCUT2D eigenvalue weighted by Gasteiger charge is -2.07. The van der Waals surface area contributed by atoms with Gasteiger partial charge in [0.25, 0.3) is 5.91 Å². The van der Waals surface area contributed by atoms with E-state index in [9.17, 15) is 9.18 Å². The van der Waals surface area contributed by atoms with Gasteiger partial charge in [0, 0.05) is 12.1 Å². The maximum Gasteiger partial charge on any atom is 0.258 e. The highest BCUT2D eigenvalue weighted by molar-refractivity contribution is 6.04. The number of nitrogens with one attached hydrogen (secondary N) is 1. The van der Waals surface area contributed by atoms with E-state index >= 15 is 0 Å². The number of hydrogen-bond acceptors (Lipinski definition) is 2. The highest BCUT2D eigenvalue weighted by Gasteiger charge is 2.13. The van der Waals surface area contributed by atoms with E-state index in [1.807, 2.05) is 35.8 Å². The Labute approximate surface area is 121 Å². The molecule has 0 aliphatic heterocycles. The molecule has 0 saturated carbocycles. The number of hydrogen-bond donors (Lipinski definition) is 1. The van der Waals surface area contributed by atoms with Gasteiger partial charge in [-0.2, -0.15) is 0 Å². The normalized spacial score (nSPS) is 10.8. The standard InChI is InChI=1S/C16H14FN3O/c1-2-20-14-9-4-3-8-13(14)18-16(20)19-15(21)11-6-5-7-12(17)10-11/h3-10H,2H2,1H3,(H,18,19,21). The molecule has 0 saturated heterocycles. The fourth-order valence-corrected chi connectivity index (χ4v) is 2.29. The van der Waals surface area contributed by atoms with Crippen molar-refractivity contribution in [2.75, 3.05) is 5.32 Å². The molecule has 0 aliphatic rings. The zero-order valence-corrected chi connectivity index (χ0v) is 11.5. The fraction of sp³-hybridized carbons (Fsp3) is 0.125.